The summed E-state index contributed by atoms with van der Waals surface area (Å²) in [6.45, 7) is 1.79. The number of hydrogen-bond acceptors (Lipinski definition) is 5. The van der Waals surface area contributed by atoms with E-state index in [2.05, 4.69) is 20.8 Å². The molecule has 0 fully saturated rings. The molecule has 0 saturated heterocycles. The minimum Gasteiger partial charge on any atom is -0.387 e. The van der Waals surface area contributed by atoms with Gasteiger partial charge in [-0.1, -0.05) is 28.4 Å². The normalized spacial score (nSPS) is 12.0. The lowest BCUT2D eigenvalue weighted by Gasteiger charge is -2.13. The van der Waals surface area contributed by atoms with E-state index in [1.54, 1.807) is 25.1 Å². The lowest BCUT2D eigenvalue weighted by molar-refractivity contribution is 0.173. The van der Waals surface area contributed by atoms with Crippen molar-refractivity contribution in [1.29, 1.82) is 0 Å². The van der Waals surface area contributed by atoms with Gasteiger partial charge in [-0.05, 0) is 23.8 Å². The highest BCUT2D eigenvalue weighted by Gasteiger charge is 2.11. The van der Waals surface area contributed by atoms with Crippen LogP contribution in [0.4, 0.5) is 4.79 Å². The molecule has 0 aliphatic heterocycles. The quantitative estimate of drug-likeness (QED) is 0.772. The number of benzene rings is 1. The molecule has 1 aromatic heterocycles. The van der Waals surface area contributed by atoms with Crippen LogP contribution in [-0.2, 0) is 6.54 Å². The molecule has 7 nitrogen and oxygen atoms in total. The first kappa shape index (κ1) is 16.5. The molecule has 1 unspecified atom stereocenters. The zero-order chi connectivity index (χ0) is 16.1. The monoisotopic (exact) mass is 344 g/mol. The molecule has 1 aromatic carbocycles. The van der Waals surface area contributed by atoms with Crippen molar-refractivity contribution in [2.75, 3.05) is 6.54 Å². The number of halogens is 2. The first-order chi connectivity index (χ1) is 10.4. The van der Waals surface area contributed by atoms with Crippen molar-refractivity contribution < 1.29 is 14.4 Å². The number of carbonyl (C=O) groups excluding carboxylic acids is 1. The first-order valence-electron chi connectivity index (χ1n) is 6.39. The molecule has 118 valence electrons. The van der Waals surface area contributed by atoms with Crippen LogP contribution >= 0.6 is 23.2 Å². The van der Waals surface area contributed by atoms with Crippen molar-refractivity contribution in [2.24, 2.45) is 0 Å². The Bertz CT molecular complexity index is 642. The summed E-state index contributed by atoms with van der Waals surface area (Å²) < 4.78 is 4.78. The van der Waals surface area contributed by atoms with E-state index in [0.29, 0.717) is 27.3 Å². The summed E-state index contributed by atoms with van der Waals surface area (Å²) in [6.07, 6.45) is -0.922. The maximum atomic E-state index is 11.6. The number of nitrogens with zero attached hydrogens (tertiary/aromatic N) is 2. The number of rotatable bonds is 5. The summed E-state index contributed by atoms with van der Waals surface area (Å²) in [5.41, 5.74) is 0.520. The van der Waals surface area contributed by atoms with Crippen LogP contribution in [0.25, 0.3) is 0 Å². The van der Waals surface area contributed by atoms with Crippen LogP contribution in [0, 0.1) is 6.92 Å². The summed E-state index contributed by atoms with van der Waals surface area (Å²) >= 11 is 11.7. The lowest BCUT2D eigenvalue weighted by atomic mass is 10.1. The topological polar surface area (TPSA) is 100 Å². The van der Waals surface area contributed by atoms with Crippen LogP contribution in [0.15, 0.2) is 22.7 Å². The second kappa shape index (κ2) is 7.44. The van der Waals surface area contributed by atoms with Crippen LogP contribution in [0.5, 0.6) is 0 Å². The van der Waals surface area contributed by atoms with Gasteiger partial charge in [-0.25, -0.2) is 4.79 Å². The fourth-order valence-electron chi connectivity index (χ4n) is 1.71. The van der Waals surface area contributed by atoms with E-state index in [1.807, 2.05) is 0 Å². The number of carbonyl (C=O) groups is 1. The third-order valence-corrected chi connectivity index (χ3v) is 3.14. The number of nitrogens with one attached hydrogen (secondary N) is 2. The Kier molecular flexibility index (Phi) is 5.59. The second-order valence-electron chi connectivity index (χ2n) is 4.51. The van der Waals surface area contributed by atoms with Crippen molar-refractivity contribution in [1.82, 2.24) is 20.8 Å². The third-order valence-electron chi connectivity index (χ3n) is 2.70. The van der Waals surface area contributed by atoms with E-state index in [1.165, 1.54) is 0 Å². The van der Waals surface area contributed by atoms with Gasteiger partial charge < -0.3 is 20.3 Å². The van der Waals surface area contributed by atoms with Gasteiger partial charge in [0.15, 0.2) is 5.82 Å². The lowest BCUT2D eigenvalue weighted by Crippen LogP contribution is -2.37. The van der Waals surface area contributed by atoms with Gasteiger partial charge in [-0.3, -0.25) is 0 Å². The van der Waals surface area contributed by atoms with E-state index in [9.17, 15) is 9.90 Å². The molecule has 1 heterocycles. The van der Waals surface area contributed by atoms with E-state index in [-0.39, 0.29) is 13.1 Å². The molecule has 2 amide bonds. The standard InChI is InChI=1S/C13H14Cl2N4O3/c1-7-18-12(19-22-7)6-17-13(21)16-5-11(20)8-2-9(14)4-10(15)3-8/h2-4,11,20H,5-6H2,1H3,(H2,16,17,21). The Morgan fingerprint density at radius 3 is 2.59 bits per heavy atom. The fourth-order valence-corrected chi connectivity index (χ4v) is 2.25. The number of aryl methyl sites for hydroxylation is 1. The Balaban J connectivity index is 1.80. The summed E-state index contributed by atoms with van der Waals surface area (Å²) in [5.74, 6) is 0.792. The molecule has 22 heavy (non-hydrogen) atoms. The largest absolute Gasteiger partial charge is 0.387 e. The van der Waals surface area contributed by atoms with Gasteiger partial charge in [0.25, 0.3) is 0 Å². The summed E-state index contributed by atoms with van der Waals surface area (Å²) in [6, 6.07) is 4.26. The zero-order valence-corrected chi connectivity index (χ0v) is 13.1. The SMILES string of the molecule is Cc1nc(CNC(=O)NCC(O)c2cc(Cl)cc(Cl)c2)no1. The number of hydrogen-bond donors (Lipinski definition) is 3. The van der Waals surface area contributed by atoms with Crippen molar-refractivity contribution in [3.05, 3.63) is 45.5 Å². The van der Waals surface area contributed by atoms with Gasteiger partial charge in [0.2, 0.25) is 5.89 Å². The molecule has 3 N–H and O–H groups in total. The van der Waals surface area contributed by atoms with Gasteiger partial charge >= 0.3 is 6.03 Å². The highest BCUT2D eigenvalue weighted by atomic mass is 35.5. The zero-order valence-electron chi connectivity index (χ0n) is 11.6. The molecular formula is C13H14Cl2N4O3. The predicted molar refractivity (Wildman–Crippen MR) is 80.7 cm³/mol. The van der Waals surface area contributed by atoms with Gasteiger partial charge in [-0.2, -0.15) is 4.98 Å². The maximum absolute atomic E-state index is 11.6. The average Bonchev–Trinajstić information content (AvgIpc) is 2.87. The van der Waals surface area contributed by atoms with Crippen molar-refractivity contribution in [3.8, 4) is 0 Å². The molecule has 2 aromatic rings. The van der Waals surface area contributed by atoms with Crippen LogP contribution < -0.4 is 10.6 Å². The molecule has 0 aliphatic carbocycles. The van der Waals surface area contributed by atoms with E-state index in [4.69, 9.17) is 27.7 Å². The molecule has 0 aliphatic rings. The van der Waals surface area contributed by atoms with Crippen LogP contribution in [-0.4, -0.2) is 27.8 Å². The first-order valence-corrected chi connectivity index (χ1v) is 7.14. The molecule has 0 bridgehead atoms. The van der Waals surface area contributed by atoms with Crippen molar-refractivity contribution >= 4 is 29.2 Å². The molecule has 9 heteroatoms. The number of amides is 2. The Morgan fingerprint density at radius 2 is 2.00 bits per heavy atom. The summed E-state index contributed by atoms with van der Waals surface area (Å²) in [7, 11) is 0. The summed E-state index contributed by atoms with van der Waals surface area (Å²) in [4.78, 5) is 15.6. The molecule has 1 atom stereocenters. The van der Waals surface area contributed by atoms with Gasteiger partial charge in [0.05, 0.1) is 12.6 Å². The Labute approximate surface area is 136 Å². The third kappa shape index (κ3) is 4.87. The van der Waals surface area contributed by atoms with Crippen LogP contribution in [0.2, 0.25) is 10.0 Å². The molecule has 0 saturated carbocycles. The second-order valence-corrected chi connectivity index (χ2v) is 5.38. The molecule has 0 radical (unpaired) electrons. The minimum absolute atomic E-state index is 0.00771. The number of aromatic nitrogens is 2. The minimum atomic E-state index is -0.922. The fraction of sp³-hybridized carbons (Fsp3) is 0.308. The molecule has 0 spiro atoms. The summed E-state index contributed by atoms with van der Waals surface area (Å²) in [5, 5.41) is 19.5. The smallest absolute Gasteiger partial charge is 0.315 e. The predicted octanol–water partition coefficient (Wildman–Crippen LogP) is 2.22. The van der Waals surface area contributed by atoms with E-state index in [0.717, 1.165) is 0 Å². The molecular weight excluding hydrogens is 331 g/mol. The Morgan fingerprint density at radius 1 is 1.32 bits per heavy atom. The number of aliphatic hydroxyl groups is 1. The van der Waals surface area contributed by atoms with Crippen molar-refractivity contribution in [2.45, 2.75) is 19.6 Å². The maximum Gasteiger partial charge on any atom is 0.315 e. The molecule has 2 rings (SSSR count). The van der Waals surface area contributed by atoms with Crippen LogP contribution in [0.3, 0.4) is 0 Å². The van der Waals surface area contributed by atoms with E-state index >= 15 is 0 Å². The highest BCUT2D eigenvalue weighted by Crippen LogP contribution is 2.23. The van der Waals surface area contributed by atoms with Gasteiger partial charge in [0, 0.05) is 23.5 Å². The van der Waals surface area contributed by atoms with Crippen molar-refractivity contribution in [3.63, 3.8) is 0 Å². The van der Waals surface area contributed by atoms with Gasteiger partial charge in [-0.15, -0.1) is 0 Å². The van der Waals surface area contributed by atoms with E-state index < -0.39 is 12.1 Å². The average molecular weight is 345 g/mol. The highest BCUT2D eigenvalue weighted by molar-refractivity contribution is 6.34. The Hall–Kier alpha value is -1.83. The number of urea groups is 1. The van der Waals surface area contributed by atoms with Crippen LogP contribution in [0.1, 0.15) is 23.4 Å². The number of aliphatic hydroxyl groups excluding tert-OH is 1. The van der Waals surface area contributed by atoms with Gasteiger partial charge in [0.1, 0.15) is 0 Å².